The fourth-order valence-electron chi connectivity index (χ4n) is 4.38. The van der Waals surface area contributed by atoms with E-state index in [9.17, 15) is 25.1 Å². The van der Waals surface area contributed by atoms with Gasteiger partial charge >= 0.3 is 5.97 Å². The lowest BCUT2D eigenvalue weighted by Crippen LogP contribution is -2.59. The van der Waals surface area contributed by atoms with Crippen LogP contribution in [0.15, 0.2) is 12.1 Å². The molecule has 2 aliphatic heterocycles. The van der Waals surface area contributed by atoms with E-state index in [0.29, 0.717) is 12.2 Å². The Balaban J connectivity index is 1.52. The molecule has 2 saturated heterocycles. The van der Waals surface area contributed by atoms with Gasteiger partial charge in [-0.15, -0.1) is 0 Å². The number of benzene rings is 1. The Morgan fingerprint density at radius 2 is 1.97 bits per heavy atom. The predicted molar refractivity (Wildman–Crippen MR) is 131 cm³/mol. The summed E-state index contributed by atoms with van der Waals surface area (Å²) in [6.07, 6.45) is -2.56. The number of aliphatic hydroxyl groups is 2. The fraction of sp³-hybridized carbons (Fsp3) is 0.720. The van der Waals surface area contributed by atoms with Crippen molar-refractivity contribution in [3.05, 3.63) is 27.8 Å². The van der Waals surface area contributed by atoms with E-state index in [0.717, 1.165) is 19.3 Å². The highest BCUT2D eigenvalue weighted by atomic mass is 16.7. The van der Waals surface area contributed by atoms with Gasteiger partial charge in [-0.2, -0.15) is 0 Å². The first-order chi connectivity index (χ1) is 18.2. The van der Waals surface area contributed by atoms with Crippen molar-refractivity contribution in [3.8, 4) is 11.5 Å². The molecule has 0 bridgehead atoms. The van der Waals surface area contributed by atoms with Crippen LogP contribution in [0.4, 0.5) is 5.69 Å². The first kappa shape index (κ1) is 30.0. The van der Waals surface area contributed by atoms with Gasteiger partial charge in [-0.1, -0.05) is 0 Å². The zero-order valence-electron chi connectivity index (χ0n) is 21.9. The number of rotatable bonds is 13. The first-order valence-corrected chi connectivity index (χ1v) is 12.7. The van der Waals surface area contributed by atoms with Crippen molar-refractivity contribution in [2.75, 3.05) is 34.0 Å². The minimum Gasteiger partial charge on any atom is -0.493 e. The first-order valence-electron chi connectivity index (χ1n) is 12.7. The summed E-state index contributed by atoms with van der Waals surface area (Å²) in [5.74, 6) is -0.166. The summed E-state index contributed by atoms with van der Waals surface area (Å²) in [6, 6.07) is 2.77. The summed E-state index contributed by atoms with van der Waals surface area (Å²) < 4.78 is 38.2. The second kappa shape index (κ2) is 14.6. The molecule has 2 aliphatic rings. The van der Waals surface area contributed by atoms with E-state index in [1.54, 1.807) is 6.92 Å². The third kappa shape index (κ3) is 7.98. The monoisotopic (exact) mass is 543 g/mol. The largest absolute Gasteiger partial charge is 0.493 e. The van der Waals surface area contributed by atoms with Gasteiger partial charge in [0.15, 0.2) is 23.9 Å². The third-order valence-electron chi connectivity index (χ3n) is 6.43. The van der Waals surface area contributed by atoms with Crippen LogP contribution in [0.25, 0.3) is 0 Å². The average Bonchev–Trinajstić information content (AvgIpc) is 2.91. The highest BCUT2D eigenvalue weighted by Gasteiger charge is 2.44. The van der Waals surface area contributed by atoms with Crippen LogP contribution in [0.5, 0.6) is 11.5 Å². The molecule has 38 heavy (non-hydrogen) atoms. The lowest BCUT2D eigenvalue weighted by Gasteiger charge is -2.40. The maximum atomic E-state index is 12.4. The summed E-state index contributed by atoms with van der Waals surface area (Å²) >= 11 is 0. The van der Waals surface area contributed by atoms with Crippen LogP contribution in [0, 0.1) is 10.1 Å². The lowest BCUT2D eigenvalue weighted by molar-refractivity contribution is -0.386. The van der Waals surface area contributed by atoms with Crippen LogP contribution in [-0.2, 0) is 35.1 Å². The summed E-state index contributed by atoms with van der Waals surface area (Å²) in [5, 5.41) is 32.2. The molecule has 1 aromatic carbocycles. The average molecular weight is 544 g/mol. The molecule has 2 heterocycles. The SMILES string of the molecule is COCC1OC(C)C(OC(=O)CCCOc2cc([N+](=O)[O-])c(COC3CCCCO3)cc2OC)C(O)C1O. The zero-order chi connectivity index (χ0) is 27.7. The normalized spacial score (nSPS) is 27.5. The summed E-state index contributed by atoms with van der Waals surface area (Å²) in [5.41, 5.74) is 0.149. The van der Waals surface area contributed by atoms with Gasteiger partial charge in [0.05, 0.1) is 49.6 Å². The number of nitro benzene ring substituents is 1. The van der Waals surface area contributed by atoms with Crippen LogP contribution in [0.1, 0.15) is 44.6 Å². The highest BCUT2D eigenvalue weighted by molar-refractivity contribution is 5.69. The minimum atomic E-state index is -1.32. The van der Waals surface area contributed by atoms with Gasteiger partial charge in [-0.3, -0.25) is 14.9 Å². The van der Waals surface area contributed by atoms with Crippen molar-refractivity contribution in [1.29, 1.82) is 0 Å². The van der Waals surface area contributed by atoms with E-state index in [1.807, 2.05) is 0 Å². The molecule has 214 valence electrons. The van der Waals surface area contributed by atoms with Crippen LogP contribution >= 0.6 is 0 Å². The molecule has 0 radical (unpaired) electrons. The number of nitro groups is 1. The molecule has 0 spiro atoms. The van der Waals surface area contributed by atoms with Crippen LogP contribution in [0.2, 0.25) is 0 Å². The van der Waals surface area contributed by atoms with Crippen molar-refractivity contribution in [2.24, 2.45) is 0 Å². The third-order valence-corrected chi connectivity index (χ3v) is 6.43. The number of methoxy groups -OCH3 is 2. The molecule has 0 aliphatic carbocycles. The molecule has 6 atom stereocenters. The molecule has 0 saturated carbocycles. The maximum absolute atomic E-state index is 12.4. The Bertz CT molecular complexity index is 922. The summed E-state index contributed by atoms with van der Waals surface area (Å²) in [7, 11) is 2.87. The number of hydrogen-bond donors (Lipinski definition) is 2. The fourth-order valence-corrected chi connectivity index (χ4v) is 4.38. The quantitative estimate of drug-likeness (QED) is 0.161. The van der Waals surface area contributed by atoms with Gasteiger partial charge in [0.25, 0.3) is 5.69 Å². The second-order valence-electron chi connectivity index (χ2n) is 9.22. The number of carbonyl (C=O) groups excluding carboxylic acids is 1. The van der Waals surface area contributed by atoms with Crippen molar-refractivity contribution >= 4 is 11.7 Å². The number of aliphatic hydroxyl groups excluding tert-OH is 2. The van der Waals surface area contributed by atoms with E-state index in [-0.39, 0.29) is 49.8 Å². The molecule has 0 aromatic heterocycles. The number of carbonyl (C=O) groups is 1. The highest BCUT2D eigenvalue weighted by Crippen LogP contribution is 2.36. The van der Waals surface area contributed by atoms with Gasteiger partial charge in [0, 0.05) is 20.1 Å². The standard InChI is InChI=1S/C25H37NO12/c1-15-25(24(29)23(28)20(37-15)14-32-2)38-21(27)7-6-10-34-19-12-17(26(30)31)16(11-18(19)33-3)13-36-22-8-4-5-9-35-22/h11-12,15,20,22-25,28-29H,4-10,13-14H2,1-3H3. The molecule has 0 amide bonds. The van der Waals surface area contributed by atoms with E-state index < -0.39 is 47.7 Å². The Labute approximate surface area is 221 Å². The number of hydrogen-bond acceptors (Lipinski definition) is 12. The van der Waals surface area contributed by atoms with Crippen molar-refractivity contribution in [2.45, 2.75) is 82.4 Å². The van der Waals surface area contributed by atoms with Crippen LogP contribution in [-0.4, -0.2) is 92.0 Å². The van der Waals surface area contributed by atoms with Gasteiger partial charge in [-0.05, 0) is 38.7 Å². The van der Waals surface area contributed by atoms with Crippen LogP contribution in [0.3, 0.4) is 0 Å². The summed E-state index contributed by atoms with van der Waals surface area (Å²) in [6.45, 7) is 2.35. The second-order valence-corrected chi connectivity index (χ2v) is 9.22. The Morgan fingerprint density at radius 3 is 2.63 bits per heavy atom. The predicted octanol–water partition coefficient (Wildman–Crippen LogP) is 1.87. The van der Waals surface area contributed by atoms with Gasteiger partial charge in [0.2, 0.25) is 0 Å². The number of esters is 1. The Morgan fingerprint density at radius 1 is 1.18 bits per heavy atom. The van der Waals surface area contributed by atoms with E-state index in [1.165, 1.54) is 26.4 Å². The number of ether oxygens (including phenoxy) is 7. The Kier molecular flexibility index (Phi) is 11.5. The molecule has 3 rings (SSSR count). The zero-order valence-corrected chi connectivity index (χ0v) is 21.9. The Hall–Kier alpha value is -2.55. The van der Waals surface area contributed by atoms with Gasteiger partial charge in [-0.25, -0.2) is 0 Å². The van der Waals surface area contributed by atoms with Crippen molar-refractivity contribution in [1.82, 2.24) is 0 Å². The smallest absolute Gasteiger partial charge is 0.306 e. The van der Waals surface area contributed by atoms with Crippen molar-refractivity contribution < 1.29 is 53.1 Å². The van der Waals surface area contributed by atoms with E-state index >= 15 is 0 Å². The molecule has 13 heteroatoms. The molecular formula is C25H37NO12. The maximum Gasteiger partial charge on any atom is 0.306 e. The molecule has 1 aromatic rings. The van der Waals surface area contributed by atoms with Crippen molar-refractivity contribution in [3.63, 3.8) is 0 Å². The van der Waals surface area contributed by atoms with Crippen LogP contribution < -0.4 is 9.47 Å². The molecule has 2 fully saturated rings. The molecule has 2 N–H and O–H groups in total. The minimum absolute atomic E-state index is 0.0144. The van der Waals surface area contributed by atoms with E-state index in [4.69, 9.17) is 33.2 Å². The molecular weight excluding hydrogens is 506 g/mol. The van der Waals surface area contributed by atoms with Gasteiger partial charge in [0.1, 0.15) is 18.3 Å². The number of nitrogens with zero attached hydrogens (tertiary/aromatic N) is 1. The van der Waals surface area contributed by atoms with E-state index in [2.05, 4.69) is 0 Å². The topological polar surface area (TPSA) is 165 Å². The molecule has 6 unspecified atom stereocenters. The lowest BCUT2D eigenvalue weighted by atomic mass is 9.96. The summed E-state index contributed by atoms with van der Waals surface area (Å²) in [4.78, 5) is 23.5. The molecule has 13 nitrogen and oxygen atoms in total. The van der Waals surface area contributed by atoms with Gasteiger partial charge < -0.3 is 43.4 Å².